The van der Waals surface area contributed by atoms with E-state index in [1.54, 1.807) is 24.3 Å². The molecule has 0 bridgehead atoms. The van der Waals surface area contributed by atoms with Crippen molar-refractivity contribution < 1.29 is 33.2 Å². The van der Waals surface area contributed by atoms with E-state index in [2.05, 4.69) is 29.7 Å². The molecule has 1 saturated heterocycles. The molecule has 0 aromatic heterocycles. The zero-order valence-corrected chi connectivity index (χ0v) is 25.0. The molecule has 9 nitrogen and oxygen atoms in total. The van der Waals surface area contributed by atoms with Crippen LogP contribution in [0.15, 0.2) is 42.5 Å². The molecule has 1 atom stereocenters. The number of ether oxygens (including phenoxy) is 4. The standard InChI is InChI=1S/C26H34FN3O4.C5H10O2/c1-4-29(2)12-11-21-17-33-26(34-18-21)24(31)16-30(22-8-5-19(14-28)6-9-22)15-20-7-10-25(32-3)23(27)13-20;1-5(2,3)7-4-6/h5-10,13,21,24,26,31H,4,11-12,15-18H2,1-3H3;4H,1-3H3/t21?,24-,26?;/m0./s1. The first-order chi connectivity index (χ1) is 19.5. The lowest BCUT2D eigenvalue weighted by Gasteiger charge is -2.35. The van der Waals surface area contributed by atoms with Crippen LogP contribution in [0.4, 0.5) is 10.1 Å². The summed E-state index contributed by atoms with van der Waals surface area (Å²) in [6.07, 6.45) is -0.653. The van der Waals surface area contributed by atoms with Gasteiger partial charge < -0.3 is 33.9 Å². The van der Waals surface area contributed by atoms with Gasteiger partial charge in [-0.3, -0.25) is 4.79 Å². The molecule has 0 radical (unpaired) electrons. The van der Waals surface area contributed by atoms with E-state index < -0.39 is 18.2 Å². The van der Waals surface area contributed by atoms with E-state index in [0.717, 1.165) is 30.8 Å². The Balaban J connectivity index is 0.000000745. The largest absolute Gasteiger partial charge is 0.494 e. The molecular weight excluding hydrogens is 529 g/mol. The molecule has 0 saturated carbocycles. The number of hydrogen-bond donors (Lipinski definition) is 1. The summed E-state index contributed by atoms with van der Waals surface area (Å²) in [5, 5.41) is 20.0. The van der Waals surface area contributed by atoms with Gasteiger partial charge in [-0.05, 0) is 89.3 Å². The normalized spacial score (nSPS) is 17.6. The van der Waals surface area contributed by atoms with Gasteiger partial charge in [0.05, 0.1) is 32.0 Å². The third-order valence-electron chi connectivity index (χ3n) is 6.53. The number of aliphatic hydroxyl groups is 1. The summed E-state index contributed by atoms with van der Waals surface area (Å²) < 4.78 is 35.5. The molecule has 41 heavy (non-hydrogen) atoms. The van der Waals surface area contributed by atoms with Crippen LogP contribution < -0.4 is 9.64 Å². The van der Waals surface area contributed by atoms with Crippen LogP contribution in [0.3, 0.4) is 0 Å². The van der Waals surface area contributed by atoms with Gasteiger partial charge in [0, 0.05) is 24.7 Å². The summed E-state index contributed by atoms with van der Waals surface area (Å²) in [5.41, 5.74) is 1.74. The molecule has 1 fully saturated rings. The minimum absolute atomic E-state index is 0.178. The van der Waals surface area contributed by atoms with Crippen molar-refractivity contribution in [1.82, 2.24) is 4.90 Å². The highest BCUT2D eigenvalue weighted by Gasteiger charge is 2.29. The molecule has 2 aromatic carbocycles. The second-order valence-electron chi connectivity index (χ2n) is 11.0. The molecule has 10 heteroatoms. The van der Waals surface area contributed by atoms with Gasteiger partial charge in [0.25, 0.3) is 6.47 Å². The van der Waals surface area contributed by atoms with E-state index in [9.17, 15) is 14.3 Å². The van der Waals surface area contributed by atoms with Gasteiger partial charge in [-0.1, -0.05) is 13.0 Å². The lowest BCUT2D eigenvalue weighted by Crippen LogP contribution is -2.46. The Hall–Kier alpha value is -3.23. The number of aliphatic hydroxyl groups excluding tert-OH is 1. The van der Waals surface area contributed by atoms with E-state index in [4.69, 9.17) is 19.5 Å². The summed E-state index contributed by atoms with van der Waals surface area (Å²) in [4.78, 5) is 13.8. The van der Waals surface area contributed by atoms with Crippen LogP contribution in [0, 0.1) is 23.1 Å². The van der Waals surface area contributed by atoms with Crippen molar-refractivity contribution in [2.75, 3.05) is 51.9 Å². The molecule has 2 aromatic rings. The molecule has 0 spiro atoms. The molecule has 3 rings (SSSR count). The summed E-state index contributed by atoms with van der Waals surface area (Å²) in [7, 11) is 3.51. The Labute approximate surface area is 243 Å². The first-order valence-corrected chi connectivity index (χ1v) is 13.8. The van der Waals surface area contributed by atoms with E-state index in [0.29, 0.717) is 37.7 Å². The van der Waals surface area contributed by atoms with Gasteiger partial charge >= 0.3 is 0 Å². The van der Waals surface area contributed by atoms with E-state index >= 15 is 0 Å². The Kier molecular flexibility index (Phi) is 14.0. The molecular formula is C31H44FN3O6. The number of methoxy groups -OCH3 is 1. The average molecular weight is 574 g/mol. The first-order valence-electron chi connectivity index (χ1n) is 13.8. The highest BCUT2D eigenvalue weighted by Crippen LogP contribution is 2.24. The van der Waals surface area contributed by atoms with Crippen LogP contribution in [-0.4, -0.2) is 81.5 Å². The van der Waals surface area contributed by atoms with Crippen LogP contribution in [0.2, 0.25) is 0 Å². The summed E-state index contributed by atoms with van der Waals surface area (Å²) in [6.45, 7) is 11.7. The Morgan fingerprint density at radius 1 is 1.20 bits per heavy atom. The molecule has 1 heterocycles. The maximum Gasteiger partial charge on any atom is 0.293 e. The maximum atomic E-state index is 14.3. The number of anilines is 1. The number of rotatable bonds is 12. The summed E-state index contributed by atoms with van der Waals surface area (Å²) >= 11 is 0. The van der Waals surface area contributed by atoms with Crippen LogP contribution in [0.5, 0.6) is 5.75 Å². The third kappa shape index (κ3) is 12.0. The molecule has 0 aliphatic carbocycles. The quantitative estimate of drug-likeness (QED) is 0.371. The van der Waals surface area contributed by atoms with Gasteiger partial charge in [-0.2, -0.15) is 5.26 Å². The fourth-order valence-corrected chi connectivity index (χ4v) is 4.00. The Bertz CT molecular complexity index is 1090. The van der Waals surface area contributed by atoms with Gasteiger partial charge in [0.2, 0.25) is 0 Å². The zero-order chi connectivity index (χ0) is 30.4. The predicted molar refractivity (Wildman–Crippen MR) is 155 cm³/mol. The van der Waals surface area contributed by atoms with Gasteiger partial charge in [0.15, 0.2) is 17.9 Å². The SMILES string of the molecule is CC(C)(C)OC=O.CCN(C)CCC1COC([C@@H](O)CN(Cc2ccc(OC)c(F)c2)c2ccc(C#N)cc2)OC1. The van der Waals surface area contributed by atoms with Gasteiger partial charge in [-0.15, -0.1) is 0 Å². The molecule has 1 N–H and O–H groups in total. The van der Waals surface area contributed by atoms with Crippen LogP contribution >= 0.6 is 0 Å². The average Bonchev–Trinajstić information content (AvgIpc) is 2.95. The molecule has 226 valence electrons. The van der Waals surface area contributed by atoms with E-state index in [1.165, 1.54) is 13.2 Å². The van der Waals surface area contributed by atoms with Gasteiger partial charge in [0.1, 0.15) is 11.7 Å². The van der Waals surface area contributed by atoms with Crippen molar-refractivity contribution in [1.29, 1.82) is 5.26 Å². The number of hydrogen-bond acceptors (Lipinski definition) is 9. The highest BCUT2D eigenvalue weighted by molar-refractivity contribution is 5.50. The lowest BCUT2D eigenvalue weighted by atomic mass is 10.1. The van der Waals surface area contributed by atoms with Crippen molar-refractivity contribution in [2.45, 2.75) is 58.7 Å². The monoisotopic (exact) mass is 573 g/mol. The molecule has 1 aliphatic rings. The smallest absolute Gasteiger partial charge is 0.293 e. The van der Waals surface area contributed by atoms with Crippen LogP contribution in [0.25, 0.3) is 0 Å². The molecule has 0 unspecified atom stereocenters. The number of carbonyl (C=O) groups excluding carboxylic acids is 1. The van der Waals surface area contributed by atoms with Crippen molar-refractivity contribution in [3.63, 3.8) is 0 Å². The molecule has 1 aliphatic heterocycles. The lowest BCUT2D eigenvalue weighted by molar-refractivity contribution is -0.238. The van der Waals surface area contributed by atoms with Crippen molar-refractivity contribution >= 4 is 12.2 Å². The van der Waals surface area contributed by atoms with E-state index in [1.807, 2.05) is 37.8 Å². The first kappa shape index (κ1) is 34.0. The molecule has 0 amide bonds. The van der Waals surface area contributed by atoms with Gasteiger partial charge in [-0.25, -0.2) is 4.39 Å². The van der Waals surface area contributed by atoms with Crippen molar-refractivity contribution in [2.24, 2.45) is 5.92 Å². The number of benzene rings is 2. The fraction of sp³-hybridized carbons (Fsp3) is 0.548. The topological polar surface area (TPSA) is 104 Å². The summed E-state index contributed by atoms with van der Waals surface area (Å²) in [6, 6.07) is 14.0. The predicted octanol–water partition coefficient (Wildman–Crippen LogP) is 4.36. The summed E-state index contributed by atoms with van der Waals surface area (Å²) in [5.74, 6) is 0.0331. The second-order valence-corrected chi connectivity index (χ2v) is 11.0. The number of carbonyl (C=O) groups is 1. The van der Waals surface area contributed by atoms with Crippen LogP contribution in [-0.2, 0) is 25.5 Å². The number of nitriles is 1. The van der Waals surface area contributed by atoms with Crippen molar-refractivity contribution in [3.8, 4) is 11.8 Å². The van der Waals surface area contributed by atoms with Crippen LogP contribution in [0.1, 0.15) is 45.2 Å². The fourth-order valence-electron chi connectivity index (χ4n) is 4.00. The Morgan fingerprint density at radius 3 is 2.34 bits per heavy atom. The number of halogens is 1. The zero-order valence-electron chi connectivity index (χ0n) is 25.0. The Morgan fingerprint density at radius 2 is 1.85 bits per heavy atom. The maximum absolute atomic E-state index is 14.3. The van der Waals surface area contributed by atoms with E-state index in [-0.39, 0.29) is 17.9 Å². The van der Waals surface area contributed by atoms with Crippen molar-refractivity contribution in [3.05, 3.63) is 59.4 Å². The minimum Gasteiger partial charge on any atom is -0.494 e. The second kappa shape index (κ2) is 16.9. The minimum atomic E-state index is -0.905. The third-order valence-corrected chi connectivity index (χ3v) is 6.53. The highest BCUT2D eigenvalue weighted by atomic mass is 19.1. The number of nitrogens with zero attached hydrogens (tertiary/aromatic N) is 3.